The first-order valence-electron chi connectivity index (χ1n) is 7.93. The third-order valence-electron chi connectivity index (χ3n) is 4.44. The van der Waals surface area contributed by atoms with Crippen LogP contribution >= 0.6 is 0 Å². The fraction of sp³-hybridized carbons (Fsp3) is 0.571. The lowest BCUT2D eigenvalue weighted by molar-refractivity contribution is -0.189. The van der Waals surface area contributed by atoms with E-state index >= 15 is 0 Å². The van der Waals surface area contributed by atoms with Gasteiger partial charge in [-0.15, -0.1) is 0 Å². The number of aromatic amines is 1. The van der Waals surface area contributed by atoms with E-state index in [1.54, 1.807) is 4.98 Å². The summed E-state index contributed by atoms with van der Waals surface area (Å²) in [4.78, 5) is 58.5. The van der Waals surface area contributed by atoms with E-state index in [0.29, 0.717) is 6.20 Å². The van der Waals surface area contributed by atoms with Crippen molar-refractivity contribution < 1.29 is 49.8 Å². The predicted octanol–water partition coefficient (Wildman–Crippen LogP) is -3.92. The number of rotatable bonds is 8. The molecule has 1 aliphatic heterocycles. The fourth-order valence-electron chi connectivity index (χ4n) is 3.26. The molecule has 1 aliphatic rings. The molecule has 0 spiro atoms. The third-order valence-corrected chi connectivity index (χ3v) is 4.44. The van der Waals surface area contributed by atoms with Crippen LogP contribution in [-0.4, -0.2) is 86.7 Å². The van der Waals surface area contributed by atoms with Crippen LogP contribution in [-0.2, 0) is 19.1 Å². The highest BCUT2D eigenvalue weighted by atomic mass is 16.6. The number of hydrogen-bond acceptors (Lipinski definition) is 10. The Balaban J connectivity index is 2.70. The molecule has 0 aliphatic carbocycles. The highest BCUT2D eigenvalue weighted by Crippen LogP contribution is 2.50. The molecule has 0 bridgehead atoms. The molecular weight excluding hydrogens is 402 g/mol. The third kappa shape index (κ3) is 4.02. The topological polar surface area (TPSA) is 250 Å². The van der Waals surface area contributed by atoms with Gasteiger partial charge in [0.05, 0.1) is 25.4 Å². The highest BCUT2D eigenvalue weighted by molar-refractivity contribution is 5.72. The minimum absolute atomic E-state index is 0.241. The first-order valence-corrected chi connectivity index (χ1v) is 7.93. The van der Waals surface area contributed by atoms with E-state index in [-0.39, 0.29) is 4.68 Å². The second-order valence-corrected chi connectivity index (χ2v) is 6.45. The maximum Gasteiger partial charge on any atom is 0.347 e. The number of aliphatic hydroxyl groups excluding tert-OH is 1. The number of hydrogen-bond donors (Lipinski definition) is 7. The Hall–Kier alpha value is -3.14. The molecule has 0 amide bonds. The molecule has 15 nitrogen and oxygen atoms in total. The smallest absolute Gasteiger partial charge is 0.347 e. The first kappa shape index (κ1) is 22.2. The van der Waals surface area contributed by atoms with Gasteiger partial charge in [-0.3, -0.25) is 24.2 Å². The molecule has 5 atom stereocenters. The molecule has 1 unspecified atom stereocenters. The lowest BCUT2D eigenvalue weighted by Gasteiger charge is -2.39. The first-order chi connectivity index (χ1) is 13.3. The zero-order valence-electron chi connectivity index (χ0n) is 14.5. The number of aromatic nitrogens is 3. The van der Waals surface area contributed by atoms with Crippen molar-refractivity contribution in [2.24, 2.45) is 0 Å². The van der Waals surface area contributed by atoms with Crippen LogP contribution in [0.1, 0.15) is 25.5 Å². The highest BCUT2D eigenvalue weighted by Gasteiger charge is 2.70. The SMILES string of the molecule is O=C(O)CC(O)[C@H]1O[C@@H](n2ncc(=O)[nH]c2=O)[C@@](O)(CC(=O)O)[C@@]1(O)CC(=O)O. The van der Waals surface area contributed by atoms with E-state index in [1.807, 2.05) is 0 Å². The molecule has 160 valence electrons. The molecule has 15 heteroatoms. The van der Waals surface area contributed by atoms with Crippen molar-refractivity contribution >= 4 is 17.9 Å². The quantitative estimate of drug-likeness (QED) is 0.213. The van der Waals surface area contributed by atoms with Crippen molar-refractivity contribution in [2.75, 3.05) is 0 Å². The Morgan fingerprint density at radius 1 is 1.10 bits per heavy atom. The van der Waals surface area contributed by atoms with Crippen LogP contribution in [0.3, 0.4) is 0 Å². The molecule has 1 aromatic rings. The van der Waals surface area contributed by atoms with Crippen LogP contribution in [0.2, 0.25) is 0 Å². The number of nitrogens with one attached hydrogen (secondary N) is 1. The Morgan fingerprint density at radius 2 is 1.66 bits per heavy atom. The fourth-order valence-corrected chi connectivity index (χ4v) is 3.26. The zero-order valence-corrected chi connectivity index (χ0v) is 14.5. The molecular formula is C14H17N3O12. The Labute approximate surface area is 159 Å². The van der Waals surface area contributed by atoms with Gasteiger partial charge in [-0.25, -0.2) is 4.79 Å². The van der Waals surface area contributed by atoms with Gasteiger partial charge in [0, 0.05) is 0 Å². The normalized spacial score (nSPS) is 30.0. The van der Waals surface area contributed by atoms with Gasteiger partial charge in [-0.05, 0) is 0 Å². The molecule has 0 radical (unpaired) electrons. The van der Waals surface area contributed by atoms with Gasteiger partial charge in [-0.2, -0.15) is 9.78 Å². The van der Waals surface area contributed by atoms with Gasteiger partial charge in [0.1, 0.15) is 17.9 Å². The minimum atomic E-state index is -3.07. The molecule has 0 saturated carbocycles. The second kappa shape index (κ2) is 7.70. The van der Waals surface area contributed by atoms with E-state index in [4.69, 9.17) is 20.1 Å². The molecule has 1 aromatic heterocycles. The summed E-state index contributed by atoms with van der Waals surface area (Å²) in [5, 5.41) is 62.6. The van der Waals surface area contributed by atoms with E-state index in [2.05, 4.69) is 5.10 Å². The zero-order chi connectivity index (χ0) is 22.1. The van der Waals surface area contributed by atoms with E-state index < -0.39 is 78.1 Å². The lowest BCUT2D eigenvalue weighted by Crippen LogP contribution is -2.62. The summed E-state index contributed by atoms with van der Waals surface area (Å²) in [5.74, 6) is -5.09. The molecule has 2 rings (SSSR count). The van der Waals surface area contributed by atoms with Gasteiger partial charge >= 0.3 is 23.6 Å². The van der Waals surface area contributed by atoms with Crippen molar-refractivity contribution in [3.63, 3.8) is 0 Å². The summed E-state index contributed by atoms with van der Waals surface area (Å²) >= 11 is 0. The van der Waals surface area contributed by atoms with Gasteiger partial charge in [0.25, 0.3) is 5.56 Å². The van der Waals surface area contributed by atoms with Gasteiger partial charge in [0.15, 0.2) is 11.8 Å². The van der Waals surface area contributed by atoms with Gasteiger partial charge in [-0.1, -0.05) is 0 Å². The van der Waals surface area contributed by atoms with E-state index in [1.165, 1.54) is 0 Å². The average Bonchev–Trinajstić information content (AvgIpc) is 2.74. The van der Waals surface area contributed by atoms with Gasteiger partial charge in [0.2, 0.25) is 0 Å². The Kier molecular flexibility index (Phi) is 5.89. The van der Waals surface area contributed by atoms with Crippen LogP contribution in [0.4, 0.5) is 0 Å². The van der Waals surface area contributed by atoms with Crippen LogP contribution in [0.5, 0.6) is 0 Å². The predicted molar refractivity (Wildman–Crippen MR) is 85.7 cm³/mol. The number of carbonyl (C=O) groups is 3. The number of aliphatic carboxylic acids is 3. The molecule has 29 heavy (non-hydrogen) atoms. The standard InChI is InChI=1S/C14H17N3O12/c18-5(1-7(20)21)10-13(27,2-8(22)23)14(28,3-9(24)25)11(29-10)17-12(26)16-6(19)4-15-17/h4-5,10-11,18,27-28H,1-3H2,(H,20,21)(H,22,23)(H,24,25)(H,16,19,26)/t5?,10-,11-,13-,14+/m1/s1. The summed E-state index contributed by atoms with van der Waals surface area (Å²) < 4.78 is 5.44. The number of carboxylic acids is 3. The maximum atomic E-state index is 12.0. The minimum Gasteiger partial charge on any atom is -0.481 e. The molecule has 1 saturated heterocycles. The average molecular weight is 419 g/mol. The summed E-state index contributed by atoms with van der Waals surface area (Å²) in [6, 6.07) is 0. The summed E-state index contributed by atoms with van der Waals surface area (Å²) in [6.07, 6.45) is -9.73. The Bertz CT molecular complexity index is 940. The number of aliphatic hydroxyl groups is 3. The molecule has 2 heterocycles. The number of ether oxygens (including phenoxy) is 1. The van der Waals surface area contributed by atoms with Crippen LogP contribution < -0.4 is 11.2 Å². The summed E-state index contributed by atoms with van der Waals surface area (Å²) in [5.41, 5.74) is -8.41. The van der Waals surface area contributed by atoms with Gasteiger partial charge < -0.3 is 35.4 Å². The molecule has 7 N–H and O–H groups in total. The summed E-state index contributed by atoms with van der Waals surface area (Å²) in [6.45, 7) is 0. The van der Waals surface area contributed by atoms with Crippen molar-refractivity contribution in [3.8, 4) is 0 Å². The van der Waals surface area contributed by atoms with E-state index in [0.717, 1.165) is 0 Å². The summed E-state index contributed by atoms with van der Waals surface area (Å²) in [7, 11) is 0. The van der Waals surface area contributed by atoms with E-state index in [9.17, 15) is 39.3 Å². The number of nitrogens with zero attached hydrogens (tertiary/aromatic N) is 2. The Morgan fingerprint density at radius 3 is 2.14 bits per heavy atom. The number of H-pyrrole nitrogens is 1. The van der Waals surface area contributed by atoms with Crippen molar-refractivity contribution in [3.05, 3.63) is 27.0 Å². The monoisotopic (exact) mass is 419 g/mol. The van der Waals surface area contributed by atoms with Crippen molar-refractivity contribution in [1.29, 1.82) is 0 Å². The number of carboxylic acid groups (broad SMARTS) is 3. The maximum absolute atomic E-state index is 12.0. The van der Waals surface area contributed by atoms with Crippen LogP contribution in [0, 0.1) is 0 Å². The van der Waals surface area contributed by atoms with Crippen molar-refractivity contribution in [1.82, 2.24) is 14.8 Å². The molecule has 0 aromatic carbocycles. The van der Waals surface area contributed by atoms with Crippen LogP contribution in [0.25, 0.3) is 0 Å². The second-order valence-electron chi connectivity index (χ2n) is 6.45. The lowest BCUT2D eigenvalue weighted by atomic mass is 9.74. The molecule has 1 fully saturated rings. The van der Waals surface area contributed by atoms with Crippen LogP contribution in [0.15, 0.2) is 15.8 Å². The largest absolute Gasteiger partial charge is 0.481 e. The van der Waals surface area contributed by atoms with Crippen molar-refractivity contribution in [2.45, 2.75) is 48.9 Å².